The monoisotopic (exact) mass is 244 g/mol. The van der Waals surface area contributed by atoms with Crippen molar-refractivity contribution in [3.63, 3.8) is 0 Å². The second kappa shape index (κ2) is 5.49. The van der Waals surface area contributed by atoms with Crippen LogP contribution < -0.4 is 0 Å². The summed E-state index contributed by atoms with van der Waals surface area (Å²) in [7, 11) is 0. The van der Waals surface area contributed by atoms with E-state index in [4.69, 9.17) is 4.74 Å². The summed E-state index contributed by atoms with van der Waals surface area (Å²) in [5.74, 6) is -0.0431. The van der Waals surface area contributed by atoms with Gasteiger partial charge in [-0.2, -0.15) is 0 Å². The SMILES string of the molecule is CCOC(=O)c1nccn1C(C)c1ccccc1. The molecular formula is C14H16N2O2. The van der Waals surface area contributed by atoms with E-state index in [1.807, 2.05) is 41.8 Å². The quantitative estimate of drug-likeness (QED) is 0.777. The van der Waals surface area contributed by atoms with E-state index in [0.29, 0.717) is 12.4 Å². The molecule has 0 bridgehead atoms. The molecule has 1 unspecified atom stereocenters. The summed E-state index contributed by atoms with van der Waals surface area (Å²) >= 11 is 0. The molecule has 0 N–H and O–H groups in total. The van der Waals surface area contributed by atoms with Gasteiger partial charge in [-0.3, -0.25) is 0 Å². The van der Waals surface area contributed by atoms with Crippen LogP contribution in [0, 0.1) is 0 Å². The minimum Gasteiger partial charge on any atom is -0.460 e. The topological polar surface area (TPSA) is 44.1 Å². The van der Waals surface area contributed by atoms with Gasteiger partial charge in [-0.15, -0.1) is 0 Å². The summed E-state index contributed by atoms with van der Waals surface area (Å²) in [5, 5.41) is 0. The molecule has 1 aromatic carbocycles. The summed E-state index contributed by atoms with van der Waals surface area (Å²) in [5.41, 5.74) is 1.13. The van der Waals surface area contributed by atoms with Gasteiger partial charge in [0.2, 0.25) is 5.82 Å². The fourth-order valence-electron chi connectivity index (χ4n) is 1.87. The number of nitrogens with zero attached hydrogens (tertiary/aromatic N) is 2. The summed E-state index contributed by atoms with van der Waals surface area (Å²) in [6.07, 6.45) is 3.41. The van der Waals surface area contributed by atoms with Crippen LogP contribution in [-0.2, 0) is 4.74 Å². The van der Waals surface area contributed by atoms with Crippen molar-refractivity contribution >= 4 is 5.97 Å². The highest BCUT2D eigenvalue weighted by Gasteiger charge is 2.18. The molecule has 0 saturated carbocycles. The standard InChI is InChI=1S/C14H16N2O2/c1-3-18-14(17)13-15-9-10-16(13)11(2)12-7-5-4-6-8-12/h4-11H,3H2,1-2H3. The van der Waals surface area contributed by atoms with E-state index in [1.165, 1.54) is 0 Å². The van der Waals surface area contributed by atoms with Gasteiger partial charge in [0.05, 0.1) is 12.6 Å². The first-order chi connectivity index (χ1) is 8.74. The molecule has 4 nitrogen and oxygen atoms in total. The fourth-order valence-corrected chi connectivity index (χ4v) is 1.87. The Morgan fingerprint density at radius 1 is 1.39 bits per heavy atom. The van der Waals surface area contributed by atoms with E-state index in [1.54, 1.807) is 19.3 Å². The van der Waals surface area contributed by atoms with E-state index in [-0.39, 0.29) is 12.0 Å². The number of esters is 1. The Hall–Kier alpha value is -2.10. The van der Waals surface area contributed by atoms with Gasteiger partial charge in [-0.1, -0.05) is 30.3 Å². The lowest BCUT2D eigenvalue weighted by molar-refractivity contribution is 0.0505. The molecule has 0 aliphatic rings. The Morgan fingerprint density at radius 2 is 2.11 bits per heavy atom. The van der Waals surface area contributed by atoms with Gasteiger partial charge >= 0.3 is 5.97 Å². The molecule has 2 aromatic rings. The van der Waals surface area contributed by atoms with Crippen molar-refractivity contribution in [1.82, 2.24) is 9.55 Å². The zero-order valence-electron chi connectivity index (χ0n) is 10.5. The maximum Gasteiger partial charge on any atom is 0.374 e. The van der Waals surface area contributed by atoms with Crippen molar-refractivity contribution in [2.24, 2.45) is 0 Å². The largest absolute Gasteiger partial charge is 0.460 e. The number of ether oxygens (including phenoxy) is 1. The maximum atomic E-state index is 11.8. The average Bonchev–Trinajstić information content (AvgIpc) is 2.88. The zero-order chi connectivity index (χ0) is 13.0. The first-order valence-corrected chi connectivity index (χ1v) is 5.99. The number of rotatable bonds is 4. The Morgan fingerprint density at radius 3 is 2.78 bits per heavy atom. The number of benzene rings is 1. The van der Waals surface area contributed by atoms with Crippen LogP contribution in [-0.4, -0.2) is 22.1 Å². The normalized spacial score (nSPS) is 12.1. The molecule has 18 heavy (non-hydrogen) atoms. The summed E-state index contributed by atoms with van der Waals surface area (Å²) in [4.78, 5) is 15.8. The van der Waals surface area contributed by atoms with Gasteiger partial charge in [-0.05, 0) is 19.4 Å². The molecule has 4 heteroatoms. The molecule has 1 aromatic heterocycles. The van der Waals surface area contributed by atoms with E-state index in [0.717, 1.165) is 5.56 Å². The zero-order valence-corrected chi connectivity index (χ0v) is 10.5. The van der Waals surface area contributed by atoms with Gasteiger partial charge in [0.25, 0.3) is 0 Å². The smallest absolute Gasteiger partial charge is 0.374 e. The Bertz CT molecular complexity index is 520. The Kier molecular flexibility index (Phi) is 3.77. The minimum atomic E-state index is -0.384. The lowest BCUT2D eigenvalue weighted by atomic mass is 10.1. The molecule has 1 atom stereocenters. The van der Waals surface area contributed by atoms with Crippen molar-refractivity contribution in [1.29, 1.82) is 0 Å². The van der Waals surface area contributed by atoms with Crippen LogP contribution in [0.2, 0.25) is 0 Å². The van der Waals surface area contributed by atoms with Gasteiger partial charge in [-0.25, -0.2) is 9.78 Å². The van der Waals surface area contributed by atoms with Crippen molar-refractivity contribution in [3.8, 4) is 0 Å². The van der Waals surface area contributed by atoms with Crippen molar-refractivity contribution in [2.45, 2.75) is 19.9 Å². The molecule has 1 heterocycles. The van der Waals surface area contributed by atoms with Crippen molar-refractivity contribution in [3.05, 3.63) is 54.1 Å². The Balaban J connectivity index is 2.29. The lowest BCUT2D eigenvalue weighted by Crippen LogP contribution is -2.16. The second-order valence-corrected chi connectivity index (χ2v) is 3.97. The molecule has 0 spiro atoms. The second-order valence-electron chi connectivity index (χ2n) is 3.97. The van der Waals surface area contributed by atoms with Crippen LogP contribution in [0.15, 0.2) is 42.7 Å². The molecule has 0 fully saturated rings. The summed E-state index contributed by atoms with van der Waals surface area (Å²) < 4.78 is 6.82. The van der Waals surface area contributed by atoms with Crippen LogP contribution in [0.25, 0.3) is 0 Å². The molecule has 94 valence electrons. The molecule has 0 radical (unpaired) electrons. The molecular weight excluding hydrogens is 228 g/mol. The maximum absolute atomic E-state index is 11.8. The predicted molar refractivity (Wildman–Crippen MR) is 68.4 cm³/mol. The molecule has 0 saturated heterocycles. The van der Waals surface area contributed by atoms with Crippen LogP contribution in [0.3, 0.4) is 0 Å². The van der Waals surface area contributed by atoms with Crippen LogP contribution >= 0.6 is 0 Å². The molecule has 0 aliphatic carbocycles. The third kappa shape index (κ3) is 2.42. The number of hydrogen-bond acceptors (Lipinski definition) is 3. The van der Waals surface area contributed by atoms with Crippen molar-refractivity contribution in [2.75, 3.05) is 6.61 Å². The van der Waals surface area contributed by atoms with Gasteiger partial charge in [0, 0.05) is 12.4 Å². The predicted octanol–water partition coefficient (Wildman–Crippen LogP) is 2.67. The third-order valence-electron chi connectivity index (χ3n) is 2.83. The molecule has 0 aliphatic heterocycles. The fraction of sp³-hybridized carbons (Fsp3) is 0.286. The van der Waals surface area contributed by atoms with Gasteiger partial charge in [0.15, 0.2) is 0 Å². The van der Waals surface area contributed by atoms with Gasteiger partial charge in [0.1, 0.15) is 0 Å². The van der Waals surface area contributed by atoms with Crippen molar-refractivity contribution < 1.29 is 9.53 Å². The van der Waals surface area contributed by atoms with Crippen LogP contribution in [0.1, 0.15) is 36.1 Å². The first-order valence-electron chi connectivity index (χ1n) is 5.99. The van der Waals surface area contributed by atoms with Crippen LogP contribution in [0.4, 0.5) is 0 Å². The van der Waals surface area contributed by atoms with E-state index >= 15 is 0 Å². The highest BCUT2D eigenvalue weighted by Crippen LogP contribution is 2.19. The molecule has 0 amide bonds. The van der Waals surface area contributed by atoms with Gasteiger partial charge < -0.3 is 9.30 Å². The highest BCUT2D eigenvalue weighted by molar-refractivity contribution is 5.85. The lowest BCUT2D eigenvalue weighted by Gasteiger charge is -2.15. The highest BCUT2D eigenvalue weighted by atomic mass is 16.5. The number of hydrogen-bond donors (Lipinski definition) is 0. The minimum absolute atomic E-state index is 0.0492. The summed E-state index contributed by atoms with van der Waals surface area (Å²) in [6, 6.07) is 10.0. The van der Waals surface area contributed by atoms with E-state index in [2.05, 4.69) is 4.98 Å². The summed E-state index contributed by atoms with van der Waals surface area (Å²) in [6.45, 7) is 4.16. The number of carbonyl (C=O) groups excluding carboxylic acids is 1. The Labute approximate surface area is 106 Å². The van der Waals surface area contributed by atoms with E-state index < -0.39 is 0 Å². The number of imidazole rings is 1. The third-order valence-corrected chi connectivity index (χ3v) is 2.83. The number of carbonyl (C=O) groups is 1. The number of aromatic nitrogens is 2. The first kappa shape index (κ1) is 12.4. The van der Waals surface area contributed by atoms with Crippen LogP contribution in [0.5, 0.6) is 0 Å². The van der Waals surface area contributed by atoms with E-state index in [9.17, 15) is 4.79 Å². The molecule has 2 rings (SSSR count). The average molecular weight is 244 g/mol.